The van der Waals surface area contributed by atoms with Crippen LogP contribution in [0.25, 0.3) is 0 Å². The maximum Gasteiger partial charge on any atom is 0.308 e. The molecule has 172 valence electrons. The van der Waals surface area contributed by atoms with Crippen molar-refractivity contribution in [1.82, 2.24) is 15.0 Å². The van der Waals surface area contributed by atoms with Crippen LogP contribution in [-0.4, -0.2) is 36.5 Å². The summed E-state index contributed by atoms with van der Waals surface area (Å²) in [5.41, 5.74) is 1.93. The Morgan fingerprint density at radius 3 is 2.68 bits per heavy atom. The predicted molar refractivity (Wildman–Crippen MR) is 128 cm³/mol. The first-order chi connectivity index (χ1) is 16.5. The summed E-state index contributed by atoms with van der Waals surface area (Å²) in [7, 11) is 0. The number of benzene rings is 2. The van der Waals surface area contributed by atoms with E-state index in [1.54, 1.807) is 79.3 Å². The van der Waals surface area contributed by atoms with Gasteiger partial charge in [-0.2, -0.15) is 0 Å². The third-order valence-corrected chi connectivity index (χ3v) is 6.66. The number of carboxylic acid groups (broad SMARTS) is 1. The Bertz CT molecular complexity index is 1270. The van der Waals surface area contributed by atoms with Crippen LogP contribution < -0.4 is 10.6 Å². The highest BCUT2D eigenvalue weighted by Crippen LogP contribution is 2.35. The number of H-pyrrole nitrogens is 1. The molecule has 2 atom stereocenters. The summed E-state index contributed by atoms with van der Waals surface area (Å²) in [6.07, 6.45) is 6.01. The second-order valence-corrected chi connectivity index (χ2v) is 8.87. The van der Waals surface area contributed by atoms with E-state index in [4.69, 9.17) is 0 Å². The number of carbonyl (C=O) groups excluding carboxylic acids is 1. The molecule has 0 saturated heterocycles. The summed E-state index contributed by atoms with van der Waals surface area (Å²) in [5.74, 6) is -0.938. The Morgan fingerprint density at radius 2 is 1.94 bits per heavy atom. The molecule has 0 bridgehead atoms. The fraction of sp³-hybridized carbons (Fsp3) is 0.0833. The van der Waals surface area contributed by atoms with Crippen molar-refractivity contribution in [3.8, 4) is 0 Å². The number of amides is 1. The van der Waals surface area contributed by atoms with E-state index in [1.807, 2.05) is 0 Å². The first kappa shape index (κ1) is 23.0. The summed E-state index contributed by atoms with van der Waals surface area (Å²) in [4.78, 5) is 35.9. The standard InChI is InChI=1S/C24H21N5O4S/c30-22(31)14-21(17-6-4-10-25-15-17)34(33)20-9-2-1-8-19(20)29-23(32)16-5-3-7-18(13-16)28-24-26-11-12-27-24/h1-13,15,21H,14H2,(H,29,32)(H,30,31)(H2,26,27,28). The van der Waals surface area contributed by atoms with Gasteiger partial charge in [-0.3, -0.25) is 14.6 Å². The summed E-state index contributed by atoms with van der Waals surface area (Å²) >= 11 is -1.76. The third kappa shape index (κ3) is 5.61. The van der Waals surface area contributed by atoms with Crippen molar-refractivity contribution >= 4 is 40.4 Å². The van der Waals surface area contributed by atoms with Gasteiger partial charge < -0.3 is 25.3 Å². The molecule has 2 aromatic carbocycles. The molecule has 0 saturated carbocycles. The van der Waals surface area contributed by atoms with Crippen LogP contribution in [0.1, 0.15) is 27.6 Å². The number of nitrogens with one attached hydrogen (secondary N) is 3. The van der Waals surface area contributed by atoms with Gasteiger partial charge in [-0.1, -0.05) is 24.3 Å². The van der Waals surface area contributed by atoms with E-state index in [0.29, 0.717) is 33.3 Å². The normalized spacial score (nSPS) is 12.5. The molecule has 0 fully saturated rings. The van der Waals surface area contributed by atoms with Gasteiger partial charge >= 0.3 is 5.97 Å². The molecule has 2 heterocycles. The minimum atomic E-state index is -1.76. The first-order valence-electron chi connectivity index (χ1n) is 10.3. The van der Waals surface area contributed by atoms with Gasteiger partial charge in [0.25, 0.3) is 5.91 Å². The van der Waals surface area contributed by atoms with Gasteiger partial charge in [0.05, 0.1) is 12.1 Å². The Morgan fingerprint density at radius 1 is 1.09 bits per heavy atom. The molecule has 0 spiro atoms. The Balaban J connectivity index is 1.57. The molecule has 4 rings (SSSR count). The SMILES string of the molecule is O=C(O)CC(c1cccnc1)[S+]([O-])c1ccccc1NC(=O)c1cccc(Nc2ncc[nH]2)c1. The van der Waals surface area contributed by atoms with Gasteiger partial charge in [-0.05, 0) is 47.6 Å². The molecule has 0 radical (unpaired) electrons. The number of rotatable bonds is 9. The highest BCUT2D eigenvalue weighted by Gasteiger charge is 2.31. The molecule has 1 amide bonds. The van der Waals surface area contributed by atoms with Crippen LogP contribution in [0.15, 0.2) is 90.3 Å². The molecular weight excluding hydrogens is 454 g/mol. The number of carboxylic acids is 1. The molecular formula is C24H21N5O4S. The lowest BCUT2D eigenvalue weighted by molar-refractivity contribution is -0.137. The topological polar surface area (TPSA) is 143 Å². The average Bonchev–Trinajstić information content (AvgIpc) is 3.36. The van der Waals surface area contributed by atoms with Crippen molar-refractivity contribution in [2.24, 2.45) is 0 Å². The number of aromatic amines is 1. The number of aliphatic carboxylic acids is 1. The first-order valence-corrected chi connectivity index (χ1v) is 11.5. The molecule has 2 aromatic heterocycles. The zero-order chi connectivity index (χ0) is 23.9. The monoisotopic (exact) mass is 475 g/mol. The molecule has 0 aliphatic carbocycles. The minimum Gasteiger partial charge on any atom is -0.611 e. The molecule has 0 aliphatic heterocycles. The van der Waals surface area contributed by atoms with Crippen LogP contribution in [-0.2, 0) is 16.0 Å². The van der Waals surface area contributed by atoms with Crippen molar-refractivity contribution in [1.29, 1.82) is 0 Å². The summed E-state index contributed by atoms with van der Waals surface area (Å²) < 4.78 is 13.5. The molecule has 2 unspecified atom stereocenters. The smallest absolute Gasteiger partial charge is 0.308 e. The van der Waals surface area contributed by atoms with Gasteiger partial charge in [-0.15, -0.1) is 0 Å². The second kappa shape index (κ2) is 10.6. The number of aromatic nitrogens is 3. The molecule has 9 nitrogen and oxygen atoms in total. The Kier molecular flexibility index (Phi) is 7.21. The van der Waals surface area contributed by atoms with Crippen LogP contribution in [0.5, 0.6) is 0 Å². The summed E-state index contributed by atoms with van der Waals surface area (Å²) in [5, 5.41) is 14.4. The van der Waals surface area contributed by atoms with Crippen LogP contribution in [0, 0.1) is 0 Å². The van der Waals surface area contributed by atoms with E-state index in [0.717, 1.165) is 0 Å². The molecule has 4 N–H and O–H groups in total. The van der Waals surface area contributed by atoms with E-state index < -0.39 is 28.3 Å². The van der Waals surface area contributed by atoms with E-state index in [9.17, 15) is 19.2 Å². The van der Waals surface area contributed by atoms with Gasteiger partial charge in [0, 0.05) is 41.6 Å². The number of carbonyl (C=O) groups is 2. The summed E-state index contributed by atoms with van der Waals surface area (Å²) in [6, 6.07) is 16.9. The average molecular weight is 476 g/mol. The lowest BCUT2D eigenvalue weighted by Crippen LogP contribution is -2.20. The van der Waals surface area contributed by atoms with E-state index in [1.165, 1.54) is 6.20 Å². The Labute approximate surface area is 198 Å². The maximum absolute atomic E-state index is 13.5. The van der Waals surface area contributed by atoms with Gasteiger partial charge in [0.1, 0.15) is 0 Å². The van der Waals surface area contributed by atoms with E-state index in [2.05, 4.69) is 25.6 Å². The lowest BCUT2D eigenvalue weighted by Gasteiger charge is -2.22. The minimum absolute atomic E-state index is 0.329. The zero-order valence-electron chi connectivity index (χ0n) is 17.8. The van der Waals surface area contributed by atoms with E-state index >= 15 is 0 Å². The largest absolute Gasteiger partial charge is 0.611 e. The van der Waals surface area contributed by atoms with Gasteiger partial charge in [0.15, 0.2) is 10.1 Å². The number of pyridine rings is 1. The van der Waals surface area contributed by atoms with Gasteiger partial charge in [0.2, 0.25) is 5.95 Å². The summed E-state index contributed by atoms with van der Waals surface area (Å²) in [6.45, 7) is 0. The van der Waals surface area contributed by atoms with Gasteiger partial charge in [-0.25, -0.2) is 4.98 Å². The molecule has 0 aliphatic rings. The number of imidazole rings is 1. The molecule has 4 aromatic rings. The fourth-order valence-corrected chi connectivity index (χ4v) is 4.88. The predicted octanol–water partition coefficient (Wildman–Crippen LogP) is 4.12. The lowest BCUT2D eigenvalue weighted by atomic mass is 10.1. The third-order valence-electron chi connectivity index (χ3n) is 4.91. The molecule has 34 heavy (non-hydrogen) atoms. The maximum atomic E-state index is 13.5. The van der Waals surface area contributed by atoms with Crippen LogP contribution in [0.2, 0.25) is 0 Å². The Hall–Kier alpha value is -4.15. The van der Waals surface area contributed by atoms with E-state index in [-0.39, 0.29) is 6.42 Å². The highest BCUT2D eigenvalue weighted by atomic mass is 32.2. The van der Waals surface area contributed by atoms with Crippen molar-refractivity contribution in [2.75, 3.05) is 10.6 Å². The van der Waals surface area contributed by atoms with Crippen molar-refractivity contribution in [3.63, 3.8) is 0 Å². The van der Waals surface area contributed by atoms with Crippen LogP contribution in [0.3, 0.4) is 0 Å². The van der Waals surface area contributed by atoms with Crippen molar-refractivity contribution in [3.05, 3.63) is 96.6 Å². The fourth-order valence-electron chi connectivity index (χ4n) is 3.34. The van der Waals surface area contributed by atoms with Crippen molar-refractivity contribution in [2.45, 2.75) is 16.6 Å². The molecule has 10 heteroatoms. The number of nitrogens with zero attached hydrogens (tertiary/aromatic N) is 2. The van der Waals surface area contributed by atoms with Crippen molar-refractivity contribution < 1.29 is 19.2 Å². The van der Waals surface area contributed by atoms with Crippen LogP contribution in [0.4, 0.5) is 17.3 Å². The van der Waals surface area contributed by atoms with Crippen LogP contribution >= 0.6 is 0 Å². The number of anilines is 3. The number of hydrogen-bond acceptors (Lipinski definition) is 6. The quantitative estimate of drug-likeness (QED) is 0.267. The highest BCUT2D eigenvalue weighted by molar-refractivity contribution is 7.91. The number of hydrogen-bond donors (Lipinski definition) is 4. The second-order valence-electron chi connectivity index (χ2n) is 7.26. The zero-order valence-corrected chi connectivity index (χ0v) is 18.7. The number of para-hydroxylation sites is 1.